The zero-order valence-electron chi connectivity index (χ0n) is 14.8. The summed E-state index contributed by atoms with van der Waals surface area (Å²) in [5.41, 5.74) is 0.998. The quantitative estimate of drug-likeness (QED) is 0.902. The van der Waals surface area contributed by atoms with Crippen LogP contribution in [0, 0.1) is 0 Å². The van der Waals surface area contributed by atoms with Crippen molar-refractivity contribution in [2.75, 3.05) is 26.7 Å². The van der Waals surface area contributed by atoms with Crippen molar-refractivity contribution in [3.63, 3.8) is 0 Å². The van der Waals surface area contributed by atoms with Gasteiger partial charge in [0, 0.05) is 39.1 Å². The number of nitrogens with zero attached hydrogens (tertiary/aromatic N) is 3. The predicted molar refractivity (Wildman–Crippen MR) is 99.2 cm³/mol. The third-order valence-electron chi connectivity index (χ3n) is 4.67. The van der Waals surface area contributed by atoms with E-state index >= 15 is 0 Å². The van der Waals surface area contributed by atoms with E-state index in [1.54, 1.807) is 13.3 Å². The van der Waals surface area contributed by atoms with E-state index in [-0.39, 0.29) is 30.3 Å². The molecule has 1 saturated heterocycles. The Morgan fingerprint density at radius 2 is 2.08 bits per heavy atom. The number of aromatic nitrogens is 2. The number of ether oxygens (including phenoxy) is 1. The molecule has 1 aromatic carbocycles. The van der Waals surface area contributed by atoms with Gasteiger partial charge in [0.25, 0.3) is 0 Å². The maximum Gasteiger partial charge on any atom is 0.230 e. The third kappa shape index (κ3) is 3.96. The average molecular weight is 365 g/mol. The van der Waals surface area contributed by atoms with Gasteiger partial charge in [0.1, 0.15) is 17.6 Å². The first kappa shape index (κ1) is 19.3. The Labute approximate surface area is 154 Å². The molecule has 1 aromatic heterocycles. The first-order valence-electron chi connectivity index (χ1n) is 8.24. The van der Waals surface area contributed by atoms with Crippen molar-refractivity contribution in [1.29, 1.82) is 0 Å². The van der Waals surface area contributed by atoms with Crippen molar-refractivity contribution in [1.82, 2.24) is 19.8 Å². The lowest BCUT2D eigenvalue weighted by Gasteiger charge is -2.37. The number of hydrogen-bond acceptors (Lipinski definition) is 4. The van der Waals surface area contributed by atoms with E-state index in [1.807, 2.05) is 53.9 Å². The van der Waals surface area contributed by atoms with Crippen molar-refractivity contribution in [3.8, 4) is 5.75 Å². The third-order valence-corrected chi connectivity index (χ3v) is 4.67. The highest BCUT2D eigenvalue weighted by Gasteiger charge is 2.33. The van der Waals surface area contributed by atoms with Crippen LogP contribution < -0.4 is 10.1 Å². The summed E-state index contributed by atoms with van der Waals surface area (Å²) in [7, 11) is 3.61. The number of carbonyl (C=O) groups excluding carboxylic acids is 1. The number of nitrogens with one attached hydrogen (secondary N) is 1. The second-order valence-electron chi connectivity index (χ2n) is 6.14. The first-order chi connectivity index (χ1) is 11.6. The zero-order chi connectivity index (χ0) is 17.1. The van der Waals surface area contributed by atoms with Crippen LogP contribution >= 0.6 is 12.4 Å². The Hall–Kier alpha value is -2.05. The van der Waals surface area contributed by atoms with Crippen LogP contribution in [-0.2, 0) is 11.8 Å². The van der Waals surface area contributed by atoms with Crippen LogP contribution in [0.2, 0.25) is 0 Å². The summed E-state index contributed by atoms with van der Waals surface area (Å²) >= 11 is 0. The molecule has 2 heterocycles. The van der Waals surface area contributed by atoms with Gasteiger partial charge in [-0.25, -0.2) is 4.98 Å². The van der Waals surface area contributed by atoms with E-state index in [9.17, 15) is 4.79 Å². The number of carbonyl (C=O) groups is 1. The fourth-order valence-corrected chi connectivity index (χ4v) is 3.18. The minimum Gasteiger partial charge on any atom is -0.497 e. The molecular weight excluding hydrogens is 340 g/mol. The molecule has 2 atom stereocenters. The molecule has 1 fully saturated rings. The molecule has 7 heteroatoms. The van der Waals surface area contributed by atoms with E-state index in [1.165, 1.54) is 0 Å². The van der Waals surface area contributed by atoms with Gasteiger partial charge in [-0.15, -0.1) is 12.4 Å². The molecule has 0 aliphatic carbocycles. The highest BCUT2D eigenvalue weighted by Crippen LogP contribution is 2.27. The first-order valence-corrected chi connectivity index (χ1v) is 8.24. The normalized spacial score (nSPS) is 18.4. The SMILES string of the molecule is COc1ccc(C(C)C(=O)N2CCNCC2c2nccn2C)cc1.Cl. The fraction of sp³-hybridized carbons (Fsp3) is 0.444. The maximum absolute atomic E-state index is 13.1. The summed E-state index contributed by atoms with van der Waals surface area (Å²) in [6.07, 6.45) is 3.69. The average Bonchev–Trinajstić information content (AvgIpc) is 3.06. The topological polar surface area (TPSA) is 59.4 Å². The predicted octanol–water partition coefficient (Wildman–Crippen LogP) is 2.13. The molecule has 1 aliphatic heterocycles. The Balaban J connectivity index is 0.00000225. The smallest absolute Gasteiger partial charge is 0.230 e. The van der Waals surface area contributed by atoms with Crippen LogP contribution in [0.15, 0.2) is 36.7 Å². The van der Waals surface area contributed by atoms with E-state index < -0.39 is 0 Å². The minimum atomic E-state index is -0.197. The number of benzene rings is 1. The summed E-state index contributed by atoms with van der Waals surface area (Å²) in [5, 5.41) is 3.37. The zero-order valence-corrected chi connectivity index (χ0v) is 15.6. The monoisotopic (exact) mass is 364 g/mol. The van der Waals surface area contributed by atoms with Crippen LogP contribution in [0.3, 0.4) is 0 Å². The Kier molecular flexibility index (Phi) is 6.45. The largest absolute Gasteiger partial charge is 0.497 e. The molecule has 0 bridgehead atoms. The number of piperazine rings is 1. The van der Waals surface area contributed by atoms with Gasteiger partial charge in [0.15, 0.2) is 0 Å². The van der Waals surface area contributed by atoms with Crippen molar-refractivity contribution < 1.29 is 9.53 Å². The minimum absolute atomic E-state index is 0. The maximum atomic E-state index is 13.1. The number of amides is 1. The van der Waals surface area contributed by atoms with Gasteiger partial charge >= 0.3 is 0 Å². The van der Waals surface area contributed by atoms with E-state index in [2.05, 4.69) is 10.3 Å². The molecule has 6 nitrogen and oxygen atoms in total. The second kappa shape index (κ2) is 8.36. The van der Waals surface area contributed by atoms with Crippen molar-refractivity contribution in [2.45, 2.75) is 18.9 Å². The van der Waals surface area contributed by atoms with Gasteiger partial charge in [-0.2, -0.15) is 0 Å². The Morgan fingerprint density at radius 1 is 1.36 bits per heavy atom. The summed E-state index contributed by atoms with van der Waals surface area (Å²) in [6.45, 7) is 4.19. The second-order valence-corrected chi connectivity index (χ2v) is 6.14. The molecule has 2 unspecified atom stereocenters. The highest BCUT2D eigenvalue weighted by atomic mass is 35.5. The summed E-state index contributed by atoms with van der Waals surface area (Å²) in [5.74, 6) is 1.65. The van der Waals surface area contributed by atoms with Gasteiger partial charge in [-0.3, -0.25) is 4.79 Å². The molecule has 1 aliphatic rings. The molecule has 2 aromatic rings. The molecular formula is C18H25ClN4O2. The van der Waals surface area contributed by atoms with E-state index in [0.29, 0.717) is 6.54 Å². The fourth-order valence-electron chi connectivity index (χ4n) is 3.18. The highest BCUT2D eigenvalue weighted by molar-refractivity contribution is 5.85. The van der Waals surface area contributed by atoms with Crippen LogP contribution in [0.1, 0.15) is 30.3 Å². The number of aryl methyl sites for hydroxylation is 1. The van der Waals surface area contributed by atoms with Crippen LogP contribution in [0.4, 0.5) is 0 Å². The summed E-state index contributed by atoms with van der Waals surface area (Å²) in [6, 6.07) is 7.67. The molecule has 1 amide bonds. The van der Waals surface area contributed by atoms with E-state index in [0.717, 1.165) is 30.2 Å². The molecule has 0 saturated carbocycles. The lowest BCUT2D eigenvalue weighted by molar-refractivity contribution is -0.136. The van der Waals surface area contributed by atoms with Crippen LogP contribution in [-0.4, -0.2) is 47.1 Å². The summed E-state index contributed by atoms with van der Waals surface area (Å²) < 4.78 is 7.17. The van der Waals surface area contributed by atoms with Crippen molar-refractivity contribution in [3.05, 3.63) is 48.0 Å². The van der Waals surface area contributed by atoms with Gasteiger partial charge in [0.2, 0.25) is 5.91 Å². The number of hydrogen-bond donors (Lipinski definition) is 1. The van der Waals surface area contributed by atoms with Gasteiger partial charge in [-0.05, 0) is 24.6 Å². The molecule has 1 N–H and O–H groups in total. The molecule has 25 heavy (non-hydrogen) atoms. The van der Waals surface area contributed by atoms with E-state index in [4.69, 9.17) is 4.74 Å². The van der Waals surface area contributed by atoms with Crippen molar-refractivity contribution in [2.24, 2.45) is 7.05 Å². The standard InChI is InChI=1S/C18H24N4O2.ClH/c1-13(14-4-6-15(24-3)7-5-14)18(23)22-11-8-19-12-16(22)17-20-9-10-21(17)2;/h4-7,9-10,13,16,19H,8,11-12H2,1-3H3;1H. The Bertz CT molecular complexity index is 701. The van der Waals surface area contributed by atoms with Crippen LogP contribution in [0.5, 0.6) is 5.75 Å². The lowest BCUT2D eigenvalue weighted by Crippen LogP contribution is -2.50. The number of imidazole rings is 1. The number of rotatable bonds is 4. The Morgan fingerprint density at radius 3 is 2.68 bits per heavy atom. The number of methoxy groups -OCH3 is 1. The van der Waals surface area contributed by atoms with Crippen molar-refractivity contribution >= 4 is 18.3 Å². The lowest BCUT2D eigenvalue weighted by atomic mass is 9.98. The van der Waals surface area contributed by atoms with Gasteiger partial charge in [0.05, 0.1) is 13.0 Å². The molecule has 3 rings (SSSR count). The van der Waals surface area contributed by atoms with Gasteiger partial charge in [-0.1, -0.05) is 12.1 Å². The molecule has 0 radical (unpaired) electrons. The molecule has 136 valence electrons. The molecule has 0 spiro atoms. The summed E-state index contributed by atoms with van der Waals surface area (Å²) in [4.78, 5) is 19.5. The van der Waals surface area contributed by atoms with Crippen LogP contribution in [0.25, 0.3) is 0 Å². The number of halogens is 1. The van der Waals surface area contributed by atoms with Gasteiger partial charge < -0.3 is 19.5 Å².